The number of fused-ring (bicyclic) bond motifs is 1. The van der Waals surface area contributed by atoms with E-state index in [0.717, 1.165) is 5.69 Å². The van der Waals surface area contributed by atoms with Crippen LogP contribution in [0.5, 0.6) is 0 Å². The first-order valence-corrected chi connectivity index (χ1v) is 13.7. The molecule has 4 heterocycles. The maximum Gasteiger partial charge on any atom is 0.409 e. The van der Waals surface area contributed by atoms with Crippen LogP contribution in [0.4, 0.5) is 30.9 Å². The van der Waals surface area contributed by atoms with Crippen molar-refractivity contribution < 1.29 is 18.3 Å². The minimum Gasteiger partial charge on any atom is -0.453 e. The van der Waals surface area contributed by atoms with Crippen LogP contribution in [-0.2, 0) is 10.2 Å². The van der Waals surface area contributed by atoms with E-state index in [9.17, 15) is 10.1 Å². The predicted octanol–water partition coefficient (Wildman–Crippen LogP) is 4.46. The van der Waals surface area contributed by atoms with Crippen molar-refractivity contribution in [3.8, 4) is 17.3 Å². The molecule has 1 aliphatic rings. The number of benzene rings is 1. The van der Waals surface area contributed by atoms with Crippen LogP contribution in [0, 0.1) is 28.9 Å². The Balaban J connectivity index is 1.45. The summed E-state index contributed by atoms with van der Waals surface area (Å²) >= 11 is 0. The zero-order valence-electron chi connectivity index (χ0n) is 24.5. The number of nitriles is 1. The summed E-state index contributed by atoms with van der Waals surface area (Å²) in [7, 11) is 3.03. The number of amides is 1. The molecule has 3 unspecified atom stereocenters. The molecule has 3 N–H and O–H groups in total. The lowest BCUT2D eigenvalue weighted by Gasteiger charge is -2.45. The summed E-state index contributed by atoms with van der Waals surface area (Å²) < 4.78 is 36.8. The summed E-state index contributed by atoms with van der Waals surface area (Å²) in [4.78, 5) is 24.5. The van der Waals surface area contributed by atoms with E-state index in [1.165, 1.54) is 29.8 Å². The Morgan fingerprint density at radius 3 is 2.58 bits per heavy atom. The molecular formula is C30H33F2N9O2. The minimum absolute atomic E-state index is 0.0280. The largest absolute Gasteiger partial charge is 0.453 e. The van der Waals surface area contributed by atoms with Crippen molar-refractivity contribution in [2.75, 3.05) is 37.5 Å². The van der Waals surface area contributed by atoms with Gasteiger partial charge in [-0.2, -0.15) is 14.9 Å². The lowest BCUT2D eigenvalue weighted by atomic mass is 9.85. The number of piperidine rings is 1. The van der Waals surface area contributed by atoms with Gasteiger partial charge in [0.1, 0.15) is 11.6 Å². The van der Waals surface area contributed by atoms with Gasteiger partial charge in [-0.05, 0) is 55.7 Å². The van der Waals surface area contributed by atoms with E-state index in [4.69, 9.17) is 10.5 Å². The maximum atomic E-state index is 15.2. The fourth-order valence-electron chi connectivity index (χ4n) is 5.67. The monoisotopic (exact) mass is 589 g/mol. The van der Waals surface area contributed by atoms with Crippen LogP contribution in [0.3, 0.4) is 0 Å². The molecular weight excluding hydrogens is 556 g/mol. The molecule has 0 aliphatic carbocycles. The quantitative estimate of drug-likeness (QED) is 0.334. The summed E-state index contributed by atoms with van der Waals surface area (Å²) in [6.07, 6.45) is 4.48. The van der Waals surface area contributed by atoms with Gasteiger partial charge in [0.05, 0.1) is 65.2 Å². The molecule has 1 aliphatic heterocycles. The molecule has 0 bridgehead atoms. The number of nitrogens with one attached hydrogen (secondary N) is 1. The molecule has 5 rings (SSSR count). The van der Waals surface area contributed by atoms with Crippen molar-refractivity contribution in [1.82, 2.24) is 24.5 Å². The van der Waals surface area contributed by atoms with Crippen molar-refractivity contribution in [1.29, 1.82) is 5.26 Å². The van der Waals surface area contributed by atoms with Crippen molar-refractivity contribution in [3.05, 3.63) is 66.1 Å². The normalized spacial score (nSPS) is 18.8. The molecule has 3 atom stereocenters. The number of carbonyl (C=O) groups excluding carboxylic acids is 1. The van der Waals surface area contributed by atoms with E-state index >= 15 is 8.78 Å². The maximum absolute atomic E-state index is 15.2. The van der Waals surface area contributed by atoms with E-state index in [2.05, 4.69) is 31.4 Å². The number of carbonyl (C=O) groups is 1. The number of pyridine rings is 1. The van der Waals surface area contributed by atoms with Gasteiger partial charge in [-0.3, -0.25) is 4.98 Å². The van der Waals surface area contributed by atoms with Gasteiger partial charge in [0.25, 0.3) is 0 Å². The van der Waals surface area contributed by atoms with Crippen LogP contribution in [0.2, 0.25) is 0 Å². The Hall–Kier alpha value is -4.83. The number of imidazole rings is 1. The third kappa shape index (κ3) is 5.53. The first kappa shape index (κ1) is 29.7. The number of anilines is 3. The number of rotatable bonds is 6. The lowest BCUT2D eigenvalue weighted by molar-refractivity contribution is 0.0906. The number of aromatic nitrogens is 4. The van der Waals surface area contributed by atoms with Gasteiger partial charge in [-0.1, -0.05) is 6.92 Å². The number of nitrogens with zero attached hydrogens (tertiary/aromatic N) is 7. The van der Waals surface area contributed by atoms with E-state index in [-0.39, 0.29) is 34.8 Å². The molecule has 4 aromatic rings. The second-order valence-electron chi connectivity index (χ2n) is 11.3. The highest BCUT2D eigenvalue weighted by Gasteiger charge is 2.38. The first-order valence-electron chi connectivity index (χ1n) is 13.7. The number of likely N-dealkylation sites (N-methyl/N-ethyl adjacent to an activating group) is 1. The van der Waals surface area contributed by atoms with E-state index in [1.807, 2.05) is 13.0 Å². The Labute approximate surface area is 247 Å². The lowest BCUT2D eigenvalue weighted by Crippen LogP contribution is -2.62. The van der Waals surface area contributed by atoms with Crippen molar-refractivity contribution in [2.24, 2.45) is 11.7 Å². The number of ether oxygens (including phenoxy) is 1. The summed E-state index contributed by atoms with van der Waals surface area (Å²) in [5.41, 5.74) is 7.54. The predicted molar refractivity (Wildman–Crippen MR) is 158 cm³/mol. The zero-order chi connectivity index (χ0) is 31.1. The smallest absolute Gasteiger partial charge is 0.409 e. The van der Waals surface area contributed by atoms with Crippen molar-refractivity contribution >= 4 is 28.9 Å². The van der Waals surface area contributed by atoms with Crippen molar-refractivity contribution in [3.63, 3.8) is 0 Å². The molecule has 0 spiro atoms. The van der Waals surface area contributed by atoms with Gasteiger partial charge >= 0.3 is 6.09 Å². The van der Waals surface area contributed by atoms with Crippen LogP contribution < -0.4 is 16.0 Å². The third-order valence-electron chi connectivity index (χ3n) is 7.94. The summed E-state index contributed by atoms with van der Waals surface area (Å²) in [5.74, 6) is -1.30. The number of halogens is 2. The Morgan fingerprint density at radius 2 is 1.93 bits per heavy atom. The van der Waals surface area contributed by atoms with E-state index < -0.39 is 23.1 Å². The second kappa shape index (κ2) is 11.4. The molecule has 0 radical (unpaired) electrons. The highest BCUT2D eigenvalue weighted by molar-refractivity contribution is 5.74. The van der Waals surface area contributed by atoms with Gasteiger partial charge in [0, 0.05) is 32.4 Å². The Morgan fingerprint density at radius 1 is 1.21 bits per heavy atom. The molecule has 11 nitrogen and oxygen atoms in total. The zero-order valence-corrected chi connectivity index (χ0v) is 24.5. The average Bonchev–Trinajstić information content (AvgIpc) is 3.37. The van der Waals surface area contributed by atoms with Gasteiger partial charge in [-0.15, -0.1) is 0 Å². The van der Waals surface area contributed by atoms with Crippen molar-refractivity contribution in [2.45, 2.75) is 38.3 Å². The van der Waals surface area contributed by atoms with Gasteiger partial charge in [0.15, 0.2) is 0 Å². The van der Waals surface area contributed by atoms with Crippen LogP contribution in [0.1, 0.15) is 26.3 Å². The molecule has 1 amide bonds. The highest BCUT2D eigenvalue weighted by Crippen LogP contribution is 2.34. The number of methoxy groups -OCH3 is 1. The standard InChI is InChI=1S/C30H33F2N9O2/c1-17-14-40(15-22(34)27(17)39(4)29(42)43-5)25-8-9-35-13-24(25)37-28-36-12-19-6-7-23(38-41(19)28)26-20(31)10-18(11-21(26)32)30(2,3)16-33/h6-13,17,22,27H,14-15,34H2,1-5H3,(H,36,37). The van der Waals surface area contributed by atoms with E-state index in [0.29, 0.717) is 30.2 Å². The fourth-order valence-corrected chi connectivity index (χ4v) is 5.67. The molecule has 1 saturated heterocycles. The van der Waals surface area contributed by atoms with Gasteiger partial charge in [0.2, 0.25) is 5.95 Å². The molecule has 1 aromatic carbocycles. The number of hydrogen-bond donors (Lipinski definition) is 2. The molecule has 3 aromatic heterocycles. The van der Waals surface area contributed by atoms with Gasteiger partial charge in [-0.25, -0.2) is 18.6 Å². The number of nitrogens with two attached hydrogens (primary N) is 1. The topological polar surface area (TPSA) is 138 Å². The summed E-state index contributed by atoms with van der Waals surface area (Å²) in [6.45, 7) is 6.30. The number of hydrogen-bond acceptors (Lipinski definition) is 9. The molecule has 43 heavy (non-hydrogen) atoms. The summed E-state index contributed by atoms with van der Waals surface area (Å²) in [5, 5.41) is 17.2. The highest BCUT2D eigenvalue weighted by atomic mass is 19.1. The van der Waals surface area contributed by atoms with Crippen LogP contribution >= 0.6 is 0 Å². The van der Waals surface area contributed by atoms with E-state index in [1.54, 1.807) is 50.5 Å². The first-order chi connectivity index (χ1) is 20.4. The summed E-state index contributed by atoms with van der Waals surface area (Å²) in [6, 6.07) is 8.89. The fraction of sp³-hybridized carbons (Fsp3) is 0.367. The SMILES string of the molecule is COC(=O)N(C)C1C(C)CN(c2ccncc2Nc2ncc3ccc(-c4c(F)cc(C(C)(C)C#N)cc4F)nn23)CC1N. The molecule has 224 valence electrons. The van der Waals surface area contributed by atoms with Crippen LogP contribution in [0.15, 0.2) is 48.9 Å². The Kier molecular flexibility index (Phi) is 7.90. The molecule has 13 heteroatoms. The molecule has 0 saturated carbocycles. The van der Waals surface area contributed by atoms with Crippen LogP contribution in [-0.4, -0.2) is 69.9 Å². The second-order valence-corrected chi connectivity index (χ2v) is 11.3. The Bertz CT molecular complexity index is 1680. The third-order valence-corrected chi connectivity index (χ3v) is 7.94. The van der Waals surface area contributed by atoms with Crippen LogP contribution in [0.25, 0.3) is 16.8 Å². The molecule has 1 fully saturated rings. The minimum atomic E-state index is -1.06. The average molecular weight is 590 g/mol. The van der Waals surface area contributed by atoms with Gasteiger partial charge < -0.3 is 25.6 Å².